The molecule has 7 nitrogen and oxygen atoms in total. The molecule has 3 aromatic rings. The molecule has 1 atom stereocenters. The van der Waals surface area contributed by atoms with Gasteiger partial charge in [-0.1, -0.05) is 50.2 Å². The number of para-hydroxylation sites is 2. The SMILES string of the molecule is CCCN1C(=O)C(c2[nH]c3ccccc3c2C)=C([C@H]2C(=O)N(c3ccccc3)N=C2CC)C1=O. The molecule has 0 aliphatic carbocycles. The highest BCUT2D eigenvalue weighted by molar-refractivity contribution is 6.39. The topological polar surface area (TPSA) is 85.8 Å². The van der Waals surface area contributed by atoms with Crippen molar-refractivity contribution in [1.29, 1.82) is 0 Å². The molecule has 0 radical (unpaired) electrons. The molecule has 3 heterocycles. The maximum atomic E-state index is 13.7. The zero-order valence-corrected chi connectivity index (χ0v) is 19.5. The van der Waals surface area contributed by atoms with Gasteiger partial charge in [0.2, 0.25) is 0 Å². The summed E-state index contributed by atoms with van der Waals surface area (Å²) in [6.45, 7) is 6.06. The van der Waals surface area contributed by atoms with Crippen LogP contribution in [0.15, 0.2) is 65.3 Å². The van der Waals surface area contributed by atoms with Crippen molar-refractivity contribution in [3.63, 3.8) is 0 Å². The van der Waals surface area contributed by atoms with Crippen LogP contribution >= 0.6 is 0 Å². The number of carbonyl (C=O) groups is 3. The monoisotopic (exact) mass is 454 g/mol. The molecule has 2 aliphatic rings. The van der Waals surface area contributed by atoms with Gasteiger partial charge in [-0.2, -0.15) is 10.1 Å². The first kappa shape index (κ1) is 21.8. The Kier molecular flexibility index (Phi) is 5.40. The zero-order chi connectivity index (χ0) is 24.0. The van der Waals surface area contributed by atoms with Gasteiger partial charge in [0.15, 0.2) is 0 Å². The average Bonchev–Trinajstić information content (AvgIpc) is 3.44. The first-order chi connectivity index (χ1) is 16.5. The highest BCUT2D eigenvalue weighted by Crippen LogP contribution is 2.40. The van der Waals surface area contributed by atoms with Crippen molar-refractivity contribution >= 4 is 45.6 Å². The molecule has 2 aliphatic heterocycles. The quantitative estimate of drug-likeness (QED) is 0.559. The van der Waals surface area contributed by atoms with Gasteiger partial charge in [0.25, 0.3) is 17.7 Å². The molecule has 0 bridgehead atoms. The Morgan fingerprint density at radius 2 is 1.65 bits per heavy atom. The molecule has 3 amide bonds. The van der Waals surface area contributed by atoms with E-state index in [1.54, 1.807) is 12.1 Å². The predicted molar refractivity (Wildman–Crippen MR) is 132 cm³/mol. The zero-order valence-electron chi connectivity index (χ0n) is 19.5. The number of aromatic amines is 1. The van der Waals surface area contributed by atoms with Crippen molar-refractivity contribution in [1.82, 2.24) is 9.88 Å². The number of amides is 3. The standard InChI is InChI=1S/C27H26N4O3/c1-4-15-30-25(32)22(21-19(5-2)29-31(27(21)34)17-11-7-6-8-12-17)23(26(30)33)24-16(3)18-13-9-10-14-20(18)28-24/h6-14,21,28H,4-5,15H2,1-3H3/t21-/m0/s1. The van der Waals surface area contributed by atoms with E-state index in [9.17, 15) is 14.4 Å². The summed E-state index contributed by atoms with van der Waals surface area (Å²) in [7, 11) is 0. The number of fused-ring (bicyclic) bond motifs is 1. The van der Waals surface area contributed by atoms with E-state index in [2.05, 4.69) is 10.1 Å². The molecule has 0 fully saturated rings. The number of H-pyrrole nitrogens is 1. The van der Waals surface area contributed by atoms with Crippen molar-refractivity contribution < 1.29 is 14.4 Å². The van der Waals surface area contributed by atoms with Crippen LogP contribution in [0.1, 0.15) is 37.9 Å². The van der Waals surface area contributed by atoms with E-state index < -0.39 is 11.8 Å². The third-order valence-electron chi connectivity index (χ3n) is 6.54. The van der Waals surface area contributed by atoms with Gasteiger partial charge in [-0.3, -0.25) is 19.3 Å². The third kappa shape index (κ3) is 3.19. The van der Waals surface area contributed by atoms with Gasteiger partial charge >= 0.3 is 0 Å². The van der Waals surface area contributed by atoms with Gasteiger partial charge in [0.05, 0.1) is 28.2 Å². The summed E-state index contributed by atoms with van der Waals surface area (Å²) in [5.74, 6) is -1.99. The molecular formula is C27H26N4O3. The molecule has 172 valence electrons. The lowest BCUT2D eigenvalue weighted by molar-refractivity contribution is -0.137. The van der Waals surface area contributed by atoms with E-state index in [1.807, 2.05) is 63.2 Å². The molecule has 34 heavy (non-hydrogen) atoms. The fourth-order valence-electron chi connectivity index (χ4n) is 4.88. The normalized spacial score (nSPS) is 18.6. The van der Waals surface area contributed by atoms with Crippen LogP contribution in [0.4, 0.5) is 5.69 Å². The van der Waals surface area contributed by atoms with Gasteiger partial charge in [0, 0.05) is 17.4 Å². The Hall–Kier alpha value is -4.00. The fourth-order valence-corrected chi connectivity index (χ4v) is 4.88. The fraction of sp³-hybridized carbons (Fsp3) is 0.259. The van der Waals surface area contributed by atoms with Crippen LogP contribution in [0, 0.1) is 12.8 Å². The second-order valence-corrected chi connectivity index (χ2v) is 8.58. The molecule has 7 heteroatoms. The third-order valence-corrected chi connectivity index (χ3v) is 6.54. The largest absolute Gasteiger partial charge is 0.354 e. The smallest absolute Gasteiger partial charge is 0.263 e. The minimum Gasteiger partial charge on any atom is -0.354 e. The summed E-state index contributed by atoms with van der Waals surface area (Å²) in [5.41, 5.74) is 4.06. The number of carbonyl (C=O) groups excluding carboxylic acids is 3. The number of aryl methyl sites for hydroxylation is 1. The number of nitrogens with one attached hydrogen (secondary N) is 1. The van der Waals surface area contributed by atoms with Crippen LogP contribution < -0.4 is 5.01 Å². The minimum absolute atomic E-state index is 0.220. The number of rotatable bonds is 6. The van der Waals surface area contributed by atoms with E-state index in [1.165, 1.54) is 9.91 Å². The number of anilines is 1. The Balaban J connectivity index is 1.71. The molecule has 5 rings (SSSR count). The predicted octanol–water partition coefficient (Wildman–Crippen LogP) is 4.44. The first-order valence-corrected chi connectivity index (χ1v) is 11.6. The number of imide groups is 1. The van der Waals surface area contributed by atoms with Gasteiger partial charge in [-0.15, -0.1) is 0 Å². The Morgan fingerprint density at radius 1 is 0.941 bits per heavy atom. The summed E-state index contributed by atoms with van der Waals surface area (Å²) in [6, 6.07) is 16.9. The minimum atomic E-state index is -0.899. The summed E-state index contributed by atoms with van der Waals surface area (Å²) >= 11 is 0. The van der Waals surface area contributed by atoms with Crippen LogP contribution in [0.5, 0.6) is 0 Å². The average molecular weight is 455 g/mol. The Morgan fingerprint density at radius 3 is 2.32 bits per heavy atom. The van der Waals surface area contributed by atoms with Crippen LogP contribution in [0.3, 0.4) is 0 Å². The maximum absolute atomic E-state index is 13.7. The lowest BCUT2D eigenvalue weighted by Gasteiger charge is -2.17. The number of hydrazone groups is 1. The number of benzene rings is 2. The maximum Gasteiger partial charge on any atom is 0.263 e. The van der Waals surface area contributed by atoms with E-state index >= 15 is 0 Å². The summed E-state index contributed by atoms with van der Waals surface area (Å²) < 4.78 is 0. The van der Waals surface area contributed by atoms with Crippen LogP contribution in [0.2, 0.25) is 0 Å². The summed E-state index contributed by atoms with van der Waals surface area (Å²) in [6.07, 6.45) is 1.12. The molecule has 0 saturated carbocycles. The molecule has 0 saturated heterocycles. The lowest BCUT2D eigenvalue weighted by atomic mass is 9.88. The highest BCUT2D eigenvalue weighted by atomic mass is 16.2. The van der Waals surface area contributed by atoms with Crippen molar-refractivity contribution in [2.75, 3.05) is 11.6 Å². The molecule has 0 spiro atoms. The molecule has 1 N–H and O–H groups in total. The van der Waals surface area contributed by atoms with Gasteiger partial charge in [-0.05, 0) is 43.5 Å². The highest BCUT2D eigenvalue weighted by Gasteiger charge is 2.49. The molecular weight excluding hydrogens is 428 g/mol. The van der Waals surface area contributed by atoms with Crippen molar-refractivity contribution in [2.45, 2.75) is 33.6 Å². The van der Waals surface area contributed by atoms with E-state index in [0.29, 0.717) is 36.5 Å². The summed E-state index contributed by atoms with van der Waals surface area (Å²) in [5, 5.41) is 6.91. The number of hydrogen-bond acceptors (Lipinski definition) is 4. The van der Waals surface area contributed by atoms with Gasteiger partial charge in [0.1, 0.15) is 5.92 Å². The Bertz CT molecular complexity index is 1380. The lowest BCUT2D eigenvalue weighted by Crippen LogP contribution is -2.36. The van der Waals surface area contributed by atoms with Crippen LogP contribution in [-0.4, -0.2) is 39.9 Å². The van der Waals surface area contributed by atoms with E-state index in [0.717, 1.165) is 16.5 Å². The first-order valence-electron chi connectivity index (χ1n) is 11.6. The number of aromatic nitrogens is 1. The van der Waals surface area contributed by atoms with Gasteiger partial charge in [-0.25, -0.2) is 0 Å². The van der Waals surface area contributed by atoms with Crippen LogP contribution in [-0.2, 0) is 14.4 Å². The molecule has 1 aromatic heterocycles. The summed E-state index contributed by atoms with van der Waals surface area (Å²) in [4.78, 5) is 45.6. The second-order valence-electron chi connectivity index (χ2n) is 8.58. The van der Waals surface area contributed by atoms with Crippen molar-refractivity contribution in [3.8, 4) is 0 Å². The number of nitrogens with zero attached hydrogens (tertiary/aromatic N) is 3. The molecule has 0 unspecified atom stereocenters. The van der Waals surface area contributed by atoms with Crippen molar-refractivity contribution in [2.24, 2.45) is 11.0 Å². The van der Waals surface area contributed by atoms with E-state index in [4.69, 9.17) is 0 Å². The van der Waals surface area contributed by atoms with E-state index in [-0.39, 0.29) is 23.0 Å². The number of hydrogen-bond donors (Lipinski definition) is 1. The second kappa shape index (κ2) is 8.41. The van der Waals surface area contributed by atoms with Gasteiger partial charge < -0.3 is 4.98 Å². The molecule has 2 aromatic carbocycles. The van der Waals surface area contributed by atoms with Crippen molar-refractivity contribution in [3.05, 3.63) is 71.4 Å². The van der Waals surface area contributed by atoms with Crippen LogP contribution in [0.25, 0.3) is 16.5 Å². The Labute approximate surface area is 197 Å².